The minimum atomic E-state index is -0.470. The number of amides is 3. The Morgan fingerprint density at radius 1 is 1.19 bits per heavy atom. The van der Waals surface area contributed by atoms with Gasteiger partial charge in [0.2, 0.25) is 5.91 Å². The zero-order chi connectivity index (χ0) is 18.7. The number of carbonyl (C=O) groups is 3. The summed E-state index contributed by atoms with van der Waals surface area (Å²) in [6.07, 6.45) is 1.25. The molecule has 8 nitrogen and oxygen atoms in total. The van der Waals surface area contributed by atoms with Crippen LogP contribution >= 0.6 is 0 Å². The van der Waals surface area contributed by atoms with Crippen LogP contribution in [0.4, 0.5) is 5.69 Å². The fourth-order valence-corrected chi connectivity index (χ4v) is 3.01. The van der Waals surface area contributed by atoms with E-state index >= 15 is 0 Å². The van der Waals surface area contributed by atoms with Gasteiger partial charge in [-0.1, -0.05) is 12.1 Å². The first kappa shape index (κ1) is 17.7. The third-order valence-electron chi connectivity index (χ3n) is 4.23. The third-order valence-corrected chi connectivity index (χ3v) is 4.23. The first-order valence-electron chi connectivity index (χ1n) is 8.45. The van der Waals surface area contributed by atoms with Crippen LogP contribution in [0.15, 0.2) is 30.3 Å². The van der Waals surface area contributed by atoms with Gasteiger partial charge in [-0.15, -0.1) is 0 Å². The zero-order valence-electron chi connectivity index (χ0n) is 14.8. The summed E-state index contributed by atoms with van der Waals surface area (Å²) in [7, 11) is 0. The van der Waals surface area contributed by atoms with Crippen molar-refractivity contribution < 1.29 is 14.4 Å². The monoisotopic (exact) mass is 355 g/mol. The maximum absolute atomic E-state index is 12.5. The van der Waals surface area contributed by atoms with E-state index in [0.29, 0.717) is 24.2 Å². The molecule has 1 aromatic carbocycles. The summed E-state index contributed by atoms with van der Waals surface area (Å²) in [6, 6.07) is 8.73. The largest absolute Gasteiger partial charge is 0.312 e. The van der Waals surface area contributed by atoms with Crippen LogP contribution < -0.4 is 15.8 Å². The summed E-state index contributed by atoms with van der Waals surface area (Å²) in [4.78, 5) is 38.1. The van der Waals surface area contributed by atoms with Crippen molar-refractivity contribution in [2.45, 2.75) is 33.2 Å². The predicted molar refractivity (Wildman–Crippen MR) is 95.3 cm³/mol. The fourth-order valence-electron chi connectivity index (χ4n) is 3.01. The topological polar surface area (TPSA) is 96.3 Å². The second-order valence-corrected chi connectivity index (χ2v) is 6.25. The van der Waals surface area contributed by atoms with Crippen molar-refractivity contribution in [3.8, 4) is 0 Å². The molecule has 2 aromatic rings. The molecule has 2 N–H and O–H groups in total. The summed E-state index contributed by atoms with van der Waals surface area (Å²) >= 11 is 0. The summed E-state index contributed by atoms with van der Waals surface area (Å²) in [5, 5.41) is 4.21. The summed E-state index contributed by atoms with van der Waals surface area (Å²) in [6.45, 7) is 4.30. The van der Waals surface area contributed by atoms with Crippen LogP contribution in [0, 0.1) is 13.8 Å². The van der Waals surface area contributed by atoms with Gasteiger partial charge in [0.25, 0.3) is 11.8 Å². The maximum atomic E-state index is 12.5. The second-order valence-electron chi connectivity index (χ2n) is 6.25. The van der Waals surface area contributed by atoms with Crippen molar-refractivity contribution in [1.29, 1.82) is 0 Å². The first-order valence-corrected chi connectivity index (χ1v) is 8.45. The van der Waals surface area contributed by atoms with Gasteiger partial charge in [-0.3, -0.25) is 29.9 Å². The Hall–Kier alpha value is -3.16. The molecule has 3 rings (SSSR count). The Labute approximate surface area is 151 Å². The van der Waals surface area contributed by atoms with Crippen LogP contribution in [0.5, 0.6) is 0 Å². The number of anilines is 1. The molecule has 1 aromatic heterocycles. The van der Waals surface area contributed by atoms with Gasteiger partial charge in [-0.2, -0.15) is 5.10 Å². The molecule has 0 unspecified atom stereocenters. The van der Waals surface area contributed by atoms with Gasteiger partial charge in [-0.25, -0.2) is 0 Å². The van der Waals surface area contributed by atoms with Crippen molar-refractivity contribution in [2.75, 3.05) is 11.4 Å². The molecule has 3 amide bonds. The van der Waals surface area contributed by atoms with Crippen molar-refractivity contribution >= 4 is 23.4 Å². The number of benzene rings is 1. The van der Waals surface area contributed by atoms with E-state index in [2.05, 4.69) is 16.0 Å². The number of aryl methyl sites for hydroxylation is 2. The van der Waals surface area contributed by atoms with Crippen molar-refractivity contribution in [1.82, 2.24) is 20.6 Å². The molecule has 0 spiro atoms. The smallest absolute Gasteiger partial charge is 0.271 e. The fraction of sp³-hybridized carbons (Fsp3) is 0.333. The van der Waals surface area contributed by atoms with Crippen molar-refractivity contribution in [3.63, 3.8) is 0 Å². The number of hydrogen-bond acceptors (Lipinski definition) is 4. The molecule has 1 fully saturated rings. The van der Waals surface area contributed by atoms with Crippen LogP contribution in [0.1, 0.15) is 34.6 Å². The number of carbonyl (C=O) groups excluding carboxylic acids is 3. The molecular weight excluding hydrogens is 334 g/mol. The summed E-state index contributed by atoms with van der Waals surface area (Å²) in [5.41, 5.74) is 7.38. The highest BCUT2D eigenvalue weighted by Gasteiger charge is 2.25. The Kier molecular flexibility index (Phi) is 5.01. The number of nitrogens with one attached hydrogen (secondary N) is 2. The van der Waals surface area contributed by atoms with Gasteiger partial charge in [0.05, 0.1) is 16.9 Å². The van der Waals surface area contributed by atoms with E-state index in [9.17, 15) is 14.4 Å². The molecule has 0 bridgehead atoms. The first-order chi connectivity index (χ1) is 12.5. The quantitative estimate of drug-likeness (QED) is 0.803. The minimum Gasteiger partial charge on any atom is -0.312 e. The number of hydrogen-bond donors (Lipinski definition) is 2. The highest BCUT2D eigenvalue weighted by Crippen LogP contribution is 2.25. The predicted octanol–water partition coefficient (Wildman–Crippen LogP) is 1.09. The minimum absolute atomic E-state index is 0.00110. The van der Waals surface area contributed by atoms with Crippen molar-refractivity contribution in [3.05, 3.63) is 47.3 Å². The van der Waals surface area contributed by atoms with Crippen molar-refractivity contribution in [2.24, 2.45) is 0 Å². The van der Waals surface area contributed by atoms with Gasteiger partial charge in [0.1, 0.15) is 6.54 Å². The van der Waals surface area contributed by atoms with E-state index in [-0.39, 0.29) is 18.4 Å². The molecular formula is C18H21N5O3. The van der Waals surface area contributed by atoms with E-state index in [1.165, 1.54) is 0 Å². The molecule has 136 valence electrons. The lowest BCUT2D eigenvalue weighted by Crippen LogP contribution is -2.44. The number of hydrazine groups is 1. The molecule has 0 aliphatic carbocycles. The van der Waals surface area contributed by atoms with E-state index in [1.807, 2.05) is 19.9 Å². The van der Waals surface area contributed by atoms with E-state index in [0.717, 1.165) is 17.8 Å². The van der Waals surface area contributed by atoms with Crippen LogP contribution in [0.2, 0.25) is 0 Å². The molecule has 26 heavy (non-hydrogen) atoms. The summed E-state index contributed by atoms with van der Waals surface area (Å²) in [5.74, 6) is -0.861. The Morgan fingerprint density at radius 3 is 2.62 bits per heavy atom. The Morgan fingerprint density at radius 2 is 1.96 bits per heavy atom. The molecule has 0 radical (unpaired) electrons. The van der Waals surface area contributed by atoms with Crippen LogP contribution in [0.25, 0.3) is 0 Å². The molecule has 0 atom stereocenters. The van der Waals surface area contributed by atoms with Gasteiger partial charge in [0, 0.05) is 18.7 Å². The number of rotatable bonds is 4. The Balaban J connectivity index is 1.64. The molecule has 8 heteroatoms. The standard InChI is InChI=1S/C18H21N5O3/c1-12-10-13(2)23(21-12)11-16(24)19-20-18(26)14-6-3-4-7-15(14)22-9-5-8-17(22)25/h3-4,6-7,10H,5,8-9,11H2,1-2H3,(H,19,24)(H,20,26). The molecule has 2 heterocycles. The van der Waals surface area contributed by atoms with E-state index < -0.39 is 5.91 Å². The zero-order valence-corrected chi connectivity index (χ0v) is 14.8. The number of para-hydroxylation sites is 1. The van der Waals surface area contributed by atoms with Gasteiger partial charge in [-0.05, 0) is 38.5 Å². The lowest BCUT2D eigenvalue weighted by atomic mass is 10.1. The number of aromatic nitrogens is 2. The summed E-state index contributed by atoms with van der Waals surface area (Å²) < 4.78 is 1.56. The lowest BCUT2D eigenvalue weighted by Gasteiger charge is -2.19. The van der Waals surface area contributed by atoms with Gasteiger partial charge >= 0.3 is 0 Å². The third kappa shape index (κ3) is 3.74. The average molecular weight is 355 g/mol. The maximum Gasteiger partial charge on any atom is 0.271 e. The molecule has 1 saturated heterocycles. The van der Waals surface area contributed by atoms with Crippen LogP contribution in [-0.4, -0.2) is 34.0 Å². The lowest BCUT2D eigenvalue weighted by molar-refractivity contribution is -0.122. The van der Waals surface area contributed by atoms with Gasteiger partial charge < -0.3 is 4.90 Å². The highest BCUT2D eigenvalue weighted by atomic mass is 16.2. The molecule has 1 aliphatic rings. The van der Waals surface area contributed by atoms with E-state index in [4.69, 9.17) is 0 Å². The highest BCUT2D eigenvalue weighted by molar-refractivity contribution is 6.05. The van der Waals surface area contributed by atoms with Crippen LogP contribution in [0.3, 0.4) is 0 Å². The second kappa shape index (κ2) is 7.38. The molecule has 0 saturated carbocycles. The Bertz CT molecular complexity index is 858. The number of nitrogens with zero attached hydrogens (tertiary/aromatic N) is 3. The van der Waals surface area contributed by atoms with Gasteiger partial charge in [0.15, 0.2) is 0 Å². The normalized spacial score (nSPS) is 13.8. The molecule has 1 aliphatic heterocycles. The SMILES string of the molecule is Cc1cc(C)n(CC(=O)NNC(=O)c2ccccc2N2CCCC2=O)n1. The van der Waals surface area contributed by atoms with Crippen LogP contribution in [-0.2, 0) is 16.1 Å². The average Bonchev–Trinajstić information content (AvgIpc) is 3.17. The van der Waals surface area contributed by atoms with E-state index in [1.54, 1.807) is 33.8 Å².